The summed E-state index contributed by atoms with van der Waals surface area (Å²) in [7, 11) is 0. The van der Waals surface area contributed by atoms with Crippen molar-refractivity contribution in [3.8, 4) is 0 Å². The lowest BCUT2D eigenvalue weighted by Gasteiger charge is -2.17. The maximum absolute atomic E-state index is 11.0. The highest BCUT2D eigenvalue weighted by molar-refractivity contribution is 9.11. The molecule has 0 aliphatic carbocycles. The Labute approximate surface area is 197 Å². The average molecular weight is 575 g/mol. The van der Waals surface area contributed by atoms with Gasteiger partial charge in [-0.1, -0.05) is 7.43 Å². The molecule has 0 aliphatic heterocycles. The normalized spacial score (nSPS) is 13.1. The van der Waals surface area contributed by atoms with E-state index in [2.05, 4.69) is 62.4 Å². The maximum atomic E-state index is 11.0. The lowest BCUT2D eigenvalue weighted by molar-refractivity contribution is -0.117. The number of nitrogens with one attached hydrogen (secondary N) is 2. The van der Waals surface area contributed by atoms with Crippen LogP contribution in [0, 0.1) is 0 Å². The Balaban J connectivity index is 0.000000523. The molecular weight excluding hydrogens is 551 g/mol. The van der Waals surface area contributed by atoms with Gasteiger partial charge in [0.1, 0.15) is 11.6 Å². The Morgan fingerprint density at radius 2 is 1.41 bits per heavy atom. The van der Waals surface area contributed by atoms with Crippen LogP contribution in [-0.4, -0.2) is 49.0 Å². The van der Waals surface area contributed by atoms with Gasteiger partial charge in [0.2, 0.25) is 10.6 Å². The van der Waals surface area contributed by atoms with E-state index in [0.717, 1.165) is 4.47 Å². The molecule has 0 radical (unpaired) electrons. The van der Waals surface area contributed by atoms with Gasteiger partial charge in [0, 0.05) is 12.4 Å². The molecule has 2 aromatic heterocycles. The lowest BCUT2D eigenvalue weighted by Crippen LogP contribution is -2.28. The van der Waals surface area contributed by atoms with Crippen LogP contribution in [0.4, 0.5) is 11.6 Å². The number of nitrogens with zero attached hydrogens (tertiary/aromatic N) is 4. The van der Waals surface area contributed by atoms with Gasteiger partial charge in [-0.05, 0) is 82.8 Å². The molecule has 0 spiro atoms. The molecule has 0 amide bonds. The Morgan fingerprint density at radius 1 is 1.00 bits per heavy atom. The van der Waals surface area contributed by atoms with Crippen LogP contribution in [0.25, 0.3) is 0 Å². The third kappa shape index (κ3) is 9.99. The highest BCUT2D eigenvalue weighted by atomic mass is 79.9. The van der Waals surface area contributed by atoms with Gasteiger partial charge in [-0.3, -0.25) is 4.79 Å². The molecule has 0 bridgehead atoms. The predicted molar refractivity (Wildman–Crippen MR) is 125 cm³/mol. The highest BCUT2D eigenvalue weighted by Crippen LogP contribution is 2.21. The summed E-state index contributed by atoms with van der Waals surface area (Å²) < 4.78 is 1.39. The number of aliphatic hydroxyl groups is 1. The van der Waals surface area contributed by atoms with Crippen molar-refractivity contribution in [2.45, 2.75) is 53.3 Å². The summed E-state index contributed by atoms with van der Waals surface area (Å²) in [6.45, 7) is 6.82. The fourth-order valence-corrected chi connectivity index (χ4v) is 2.41. The Kier molecular flexibility index (Phi) is 12.8. The molecule has 3 N–H and O–H groups in total. The van der Waals surface area contributed by atoms with Crippen molar-refractivity contribution in [1.29, 1.82) is 0 Å². The summed E-state index contributed by atoms with van der Waals surface area (Å²) in [5.41, 5.74) is 0. The molecule has 12 heteroatoms. The van der Waals surface area contributed by atoms with E-state index in [1.807, 2.05) is 6.92 Å². The Morgan fingerprint density at radius 3 is 1.79 bits per heavy atom. The summed E-state index contributed by atoms with van der Waals surface area (Å²) in [6, 6.07) is -0.394. The molecule has 2 aromatic rings. The Bertz CT molecular complexity index is 813. The quantitative estimate of drug-likeness (QED) is 0.414. The fraction of sp³-hybridized carbons (Fsp3) is 0.471. The van der Waals surface area contributed by atoms with Crippen LogP contribution in [-0.2, 0) is 4.79 Å². The molecular formula is C17H24Br2Cl2N6O2. The van der Waals surface area contributed by atoms with Crippen LogP contribution in [0.5, 0.6) is 0 Å². The van der Waals surface area contributed by atoms with E-state index in [1.54, 1.807) is 20.0 Å². The molecule has 29 heavy (non-hydrogen) atoms. The zero-order valence-electron chi connectivity index (χ0n) is 15.5. The number of aromatic nitrogens is 4. The average Bonchev–Trinajstić information content (AvgIpc) is 2.61. The number of hydrogen-bond acceptors (Lipinski definition) is 8. The standard InChI is InChI=1S/C8H11BrClN3O.C8H9BrClN3O.CH4/c2*1-4(5(2)14)12-7-6(9)3-11-8(10)13-7;/h3-5,14H,1-2H3,(H,11,12,13);3-4H,1-2H3,(H,11,12,13);1H4. The number of halogens is 4. The highest BCUT2D eigenvalue weighted by Gasteiger charge is 2.12. The number of carbonyl (C=O) groups is 1. The minimum Gasteiger partial charge on any atom is -0.391 e. The van der Waals surface area contributed by atoms with E-state index in [-0.39, 0.29) is 35.9 Å². The first-order valence-corrected chi connectivity index (χ1v) is 10.4. The van der Waals surface area contributed by atoms with Crippen molar-refractivity contribution in [3.05, 3.63) is 31.9 Å². The first-order valence-electron chi connectivity index (χ1n) is 8.09. The summed E-state index contributed by atoms with van der Waals surface area (Å²) in [5.74, 6) is 1.14. The Hall–Kier alpha value is -1.07. The second-order valence-corrected chi connectivity index (χ2v) is 8.21. The molecule has 0 saturated carbocycles. The summed E-state index contributed by atoms with van der Waals surface area (Å²) in [5, 5.41) is 15.5. The van der Waals surface area contributed by atoms with Gasteiger partial charge in [-0.15, -0.1) is 0 Å². The summed E-state index contributed by atoms with van der Waals surface area (Å²) in [4.78, 5) is 26.5. The van der Waals surface area contributed by atoms with E-state index in [1.165, 1.54) is 13.1 Å². The van der Waals surface area contributed by atoms with Gasteiger partial charge >= 0.3 is 0 Å². The molecule has 0 aliphatic rings. The minimum atomic E-state index is -0.462. The van der Waals surface area contributed by atoms with E-state index >= 15 is 0 Å². The van der Waals surface area contributed by atoms with Gasteiger partial charge in [0.05, 0.1) is 27.1 Å². The molecule has 162 valence electrons. The van der Waals surface area contributed by atoms with Crippen LogP contribution in [0.15, 0.2) is 21.3 Å². The molecule has 3 unspecified atom stereocenters. The van der Waals surface area contributed by atoms with Crippen molar-refractivity contribution in [2.75, 3.05) is 10.6 Å². The minimum absolute atomic E-state index is 0. The van der Waals surface area contributed by atoms with Gasteiger partial charge < -0.3 is 15.7 Å². The molecule has 2 heterocycles. The smallest absolute Gasteiger partial charge is 0.224 e. The zero-order chi connectivity index (χ0) is 21.4. The topological polar surface area (TPSA) is 113 Å². The van der Waals surface area contributed by atoms with Gasteiger partial charge in [0.15, 0.2) is 5.78 Å². The molecule has 0 saturated heterocycles. The number of rotatable bonds is 6. The number of carbonyl (C=O) groups excluding carboxylic acids is 1. The number of anilines is 2. The molecule has 2 rings (SSSR count). The molecule has 3 atom stereocenters. The zero-order valence-corrected chi connectivity index (χ0v) is 20.2. The van der Waals surface area contributed by atoms with Crippen molar-refractivity contribution in [3.63, 3.8) is 0 Å². The largest absolute Gasteiger partial charge is 0.391 e. The van der Waals surface area contributed by atoms with Crippen LogP contribution in [0.2, 0.25) is 10.6 Å². The first kappa shape index (κ1) is 27.9. The van der Waals surface area contributed by atoms with Crippen LogP contribution in [0.3, 0.4) is 0 Å². The number of Topliss-reactive ketones (excluding diaryl/α,β-unsaturated/α-hetero) is 1. The lowest BCUT2D eigenvalue weighted by atomic mass is 10.2. The van der Waals surface area contributed by atoms with Crippen molar-refractivity contribution in [1.82, 2.24) is 19.9 Å². The van der Waals surface area contributed by atoms with Crippen LogP contribution in [0.1, 0.15) is 35.1 Å². The van der Waals surface area contributed by atoms with Gasteiger partial charge in [-0.25, -0.2) is 9.97 Å². The van der Waals surface area contributed by atoms with Crippen LogP contribution >= 0.6 is 55.1 Å². The van der Waals surface area contributed by atoms with E-state index in [4.69, 9.17) is 23.2 Å². The monoisotopic (exact) mass is 572 g/mol. The summed E-state index contributed by atoms with van der Waals surface area (Å²) in [6.07, 6.45) is 2.63. The van der Waals surface area contributed by atoms with Crippen molar-refractivity contribution < 1.29 is 9.90 Å². The maximum Gasteiger partial charge on any atom is 0.224 e. The predicted octanol–water partition coefficient (Wildman–Crippen LogP) is 4.99. The van der Waals surface area contributed by atoms with Crippen LogP contribution < -0.4 is 10.6 Å². The third-order valence-electron chi connectivity index (χ3n) is 3.48. The fourth-order valence-electron chi connectivity index (χ4n) is 1.54. The molecule has 0 fully saturated rings. The third-order valence-corrected chi connectivity index (χ3v) is 5.01. The second kappa shape index (κ2) is 13.3. The number of hydrogen-bond donors (Lipinski definition) is 3. The summed E-state index contributed by atoms with van der Waals surface area (Å²) >= 11 is 17.8. The van der Waals surface area contributed by atoms with E-state index < -0.39 is 6.10 Å². The second-order valence-electron chi connectivity index (χ2n) is 5.82. The SMILES string of the molecule is C.CC(=O)C(C)Nc1nc(Cl)ncc1Br.CC(O)C(C)Nc1nc(Cl)ncc1Br. The van der Waals surface area contributed by atoms with Crippen molar-refractivity contribution in [2.24, 2.45) is 0 Å². The van der Waals surface area contributed by atoms with Gasteiger partial charge in [-0.2, -0.15) is 9.97 Å². The first-order chi connectivity index (χ1) is 13.0. The van der Waals surface area contributed by atoms with Gasteiger partial charge in [0.25, 0.3) is 0 Å². The van der Waals surface area contributed by atoms with Crippen molar-refractivity contribution >= 4 is 72.5 Å². The number of ketones is 1. The number of aliphatic hydroxyl groups excluding tert-OH is 1. The van der Waals surface area contributed by atoms with E-state index in [9.17, 15) is 9.90 Å². The molecule has 8 nitrogen and oxygen atoms in total. The molecule has 0 aromatic carbocycles. The van der Waals surface area contributed by atoms with E-state index in [0.29, 0.717) is 16.1 Å².